The van der Waals surface area contributed by atoms with Crippen LogP contribution in [0.5, 0.6) is 0 Å². The van der Waals surface area contributed by atoms with Crippen LogP contribution in [0.15, 0.2) is 18.3 Å². The Balaban J connectivity index is 2.69. The smallest absolute Gasteiger partial charge is 0.152 e. The first kappa shape index (κ1) is 9.33. The maximum absolute atomic E-state index is 5.85. The van der Waals surface area contributed by atoms with E-state index in [0.717, 1.165) is 12.1 Å². The lowest BCUT2D eigenvalue weighted by molar-refractivity contribution is 0.763. The van der Waals surface area contributed by atoms with Crippen molar-refractivity contribution in [3.63, 3.8) is 0 Å². The third-order valence-electron chi connectivity index (χ3n) is 1.77. The number of hydrogen-bond acceptors (Lipinski definition) is 2. The summed E-state index contributed by atoms with van der Waals surface area (Å²) < 4.78 is 0. The summed E-state index contributed by atoms with van der Waals surface area (Å²) in [5.74, 6) is 0. The van der Waals surface area contributed by atoms with Gasteiger partial charge in [0, 0.05) is 12.2 Å². The summed E-state index contributed by atoms with van der Waals surface area (Å²) >= 11 is 5.85. The second kappa shape index (κ2) is 4.31. The molecule has 0 saturated heterocycles. The van der Waals surface area contributed by atoms with Crippen molar-refractivity contribution in [3.8, 4) is 0 Å². The third-order valence-corrected chi connectivity index (χ3v) is 2.07. The van der Waals surface area contributed by atoms with E-state index in [1.807, 2.05) is 12.1 Å². The van der Waals surface area contributed by atoms with Crippen LogP contribution >= 0.6 is 11.6 Å². The molecule has 2 nitrogen and oxygen atoms in total. The Hall–Kier alpha value is -0.760. The Kier molecular flexibility index (Phi) is 3.35. The fourth-order valence-corrected chi connectivity index (χ4v) is 1.04. The zero-order chi connectivity index (χ0) is 8.97. The number of nitrogens with zero attached hydrogens (tertiary/aromatic N) is 1. The maximum atomic E-state index is 5.85. The van der Waals surface area contributed by atoms with Gasteiger partial charge in [0.25, 0.3) is 0 Å². The molecule has 0 fully saturated rings. The Morgan fingerprint density at radius 1 is 1.67 bits per heavy atom. The summed E-state index contributed by atoms with van der Waals surface area (Å²) in [5.41, 5.74) is 0.911. The number of pyridine rings is 1. The van der Waals surface area contributed by atoms with E-state index in [4.69, 9.17) is 11.6 Å². The van der Waals surface area contributed by atoms with E-state index in [1.165, 1.54) is 0 Å². The van der Waals surface area contributed by atoms with Gasteiger partial charge >= 0.3 is 0 Å². The van der Waals surface area contributed by atoms with Gasteiger partial charge in [-0.25, -0.2) is 4.98 Å². The van der Waals surface area contributed by atoms with Crippen molar-refractivity contribution in [2.45, 2.75) is 26.3 Å². The molecule has 0 spiro atoms. The first-order valence-corrected chi connectivity index (χ1v) is 4.49. The second-order valence-electron chi connectivity index (χ2n) is 2.80. The minimum absolute atomic E-state index is 0.437. The Morgan fingerprint density at radius 2 is 2.42 bits per heavy atom. The highest BCUT2D eigenvalue weighted by Crippen LogP contribution is 2.18. The summed E-state index contributed by atoms with van der Waals surface area (Å²) in [6, 6.07) is 4.24. The molecule has 1 aromatic rings. The molecule has 1 N–H and O–H groups in total. The first-order chi connectivity index (χ1) is 5.74. The van der Waals surface area contributed by atoms with Gasteiger partial charge < -0.3 is 5.32 Å². The normalized spacial score (nSPS) is 12.6. The molecular weight excluding hydrogens is 172 g/mol. The minimum atomic E-state index is 0.437. The van der Waals surface area contributed by atoms with Crippen LogP contribution in [0.1, 0.15) is 20.3 Å². The molecule has 0 bridgehead atoms. The van der Waals surface area contributed by atoms with Crippen molar-refractivity contribution in [1.29, 1.82) is 0 Å². The number of aromatic nitrogens is 1. The molecule has 0 amide bonds. The van der Waals surface area contributed by atoms with Crippen LogP contribution in [-0.2, 0) is 0 Å². The Morgan fingerprint density at radius 3 is 3.00 bits per heavy atom. The van der Waals surface area contributed by atoms with Crippen LogP contribution < -0.4 is 5.32 Å². The van der Waals surface area contributed by atoms with Gasteiger partial charge in [-0.15, -0.1) is 0 Å². The van der Waals surface area contributed by atoms with E-state index < -0.39 is 0 Å². The molecule has 0 aliphatic rings. The number of halogens is 1. The summed E-state index contributed by atoms with van der Waals surface area (Å²) in [6.07, 6.45) is 2.76. The second-order valence-corrected chi connectivity index (χ2v) is 3.15. The Labute approximate surface area is 78.0 Å². The molecule has 0 radical (unpaired) electrons. The third kappa shape index (κ3) is 2.38. The van der Waals surface area contributed by atoms with Gasteiger partial charge in [0.15, 0.2) is 5.15 Å². The van der Waals surface area contributed by atoms with Gasteiger partial charge in [-0.05, 0) is 25.5 Å². The lowest BCUT2D eigenvalue weighted by Gasteiger charge is -2.12. The SMILES string of the molecule is CCC(C)Nc1cccnc1Cl. The molecule has 1 aromatic heterocycles. The van der Waals surface area contributed by atoms with Gasteiger partial charge in [-0.3, -0.25) is 0 Å². The highest BCUT2D eigenvalue weighted by Gasteiger charge is 2.02. The topological polar surface area (TPSA) is 24.9 Å². The van der Waals surface area contributed by atoms with Crippen molar-refractivity contribution >= 4 is 17.3 Å². The van der Waals surface area contributed by atoms with Crippen molar-refractivity contribution in [1.82, 2.24) is 4.98 Å². The highest BCUT2D eigenvalue weighted by molar-refractivity contribution is 6.31. The van der Waals surface area contributed by atoms with E-state index >= 15 is 0 Å². The molecular formula is C9H13ClN2. The van der Waals surface area contributed by atoms with Crippen molar-refractivity contribution in [3.05, 3.63) is 23.5 Å². The number of anilines is 1. The highest BCUT2D eigenvalue weighted by atomic mass is 35.5. The van der Waals surface area contributed by atoms with Crippen molar-refractivity contribution in [2.75, 3.05) is 5.32 Å². The molecule has 0 aliphatic heterocycles. The molecule has 0 saturated carbocycles. The largest absolute Gasteiger partial charge is 0.380 e. The van der Waals surface area contributed by atoms with Gasteiger partial charge in [0.1, 0.15) is 0 Å². The molecule has 0 aromatic carbocycles. The van der Waals surface area contributed by atoms with Gasteiger partial charge in [0.2, 0.25) is 0 Å². The van der Waals surface area contributed by atoms with Crippen LogP contribution in [0, 0.1) is 0 Å². The summed E-state index contributed by atoms with van der Waals surface area (Å²) in [5, 5.41) is 3.81. The van der Waals surface area contributed by atoms with E-state index in [1.54, 1.807) is 6.20 Å². The predicted octanol–water partition coefficient (Wildman–Crippen LogP) is 2.95. The van der Waals surface area contributed by atoms with Crippen LogP contribution in [-0.4, -0.2) is 11.0 Å². The van der Waals surface area contributed by atoms with Gasteiger partial charge in [-0.2, -0.15) is 0 Å². The molecule has 1 atom stereocenters. The van der Waals surface area contributed by atoms with E-state index in [-0.39, 0.29) is 0 Å². The van der Waals surface area contributed by atoms with Crippen LogP contribution in [0.4, 0.5) is 5.69 Å². The minimum Gasteiger partial charge on any atom is -0.380 e. The van der Waals surface area contributed by atoms with Crippen molar-refractivity contribution in [2.24, 2.45) is 0 Å². The van der Waals surface area contributed by atoms with Gasteiger partial charge in [-0.1, -0.05) is 18.5 Å². The molecule has 66 valence electrons. The average molecular weight is 185 g/mol. The molecule has 1 unspecified atom stereocenters. The quantitative estimate of drug-likeness (QED) is 0.731. The van der Waals surface area contributed by atoms with Crippen LogP contribution in [0.2, 0.25) is 5.15 Å². The Bertz CT molecular complexity index is 250. The van der Waals surface area contributed by atoms with Gasteiger partial charge in [0.05, 0.1) is 5.69 Å². The zero-order valence-electron chi connectivity index (χ0n) is 7.34. The number of rotatable bonds is 3. The lowest BCUT2D eigenvalue weighted by Crippen LogP contribution is -2.13. The maximum Gasteiger partial charge on any atom is 0.152 e. The lowest BCUT2D eigenvalue weighted by atomic mass is 10.2. The fraction of sp³-hybridized carbons (Fsp3) is 0.444. The molecule has 12 heavy (non-hydrogen) atoms. The molecule has 1 heterocycles. The zero-order valence-corrected chi connectivity index (χ0v) is 8.10. The summed E-state index contributed by atoms with van der Waals surface area (Å²) in [4.78, 5) is 3.97. The predicted molar refractivity (Wildman–Crippen MR) is 52.6 cm³/mol. The fourth-order valence-electron chi connectivity index (χ4n) is 0.861. The summed E-state index contributed by atoms with van der Waals surface area (Å²) in [7, 11) is 0. The van der Waals surface area contributed by atoms with E-state index in [2.05, 4.69) is 24.1 Å². The molecule has 3 heteroatoms. The number of hydrogen-bond donors (Lipinski definition) is 1. The average Bonchev–Trinajstić information content (AvgIpc) is 2.09. The van der Waals surface area contributed by atoms with E-state index in [9.17, 15) is 0 Å². The number of nitrogens with one attached hydrogen (secondary N) is 1. The van der Waals surface area contributed by atoms with Crippen LogP contribution in [0.3, 0.4) is 0 Å². The van der Waals surface area contributed by atoms with E-state index in [0.29, 0.717) is 11.2 Å². The first-order valence-electron chi connectivity index (χ1n) is 4.11. The van der Waals surface area contributed by atoms with Crippen molar-refractivity contribution < 1.29 is 0 Å². The molecule has 0 aliphatic carbocycles. The monoisotopic (exact) mass is 184 g/mol. The van der Waals surface area contributed by atoms with Crippen LogP contribution in [0.25, 0.3) is 0 Å². The standard InChI is InChI=1S/C9H13ClN2/c1-3-7(2)12-8-5-4-6-11-9(8)10/h4-7,12H,3H2,1-2H3. The molecule has 1 rings (SSSR count). The summed E-state index contributed by atoms with van der Waals surface area (Å²) in [6.45, 7) is 4.24.